The Morgan fingerprint density at radius 1 is 1.05 bits per heavy atom. The van der Waals surface area contributed by atoms with Gasteiger partial charge in [0.25, 0.3) is 0 Å². The number of nitrogens with zero attached hydrogens (tertiary/aromatic N) is 1. The minimum Gasteiger partial charge on any atom is -0.478 e. The molecular formula is C19H35NO. The van der Waals surface area contributed by atoms with Gasteiger partial charge in [0.15, 0.2) is 5.90 Å². The maximum Gasteiger partial charge on any atom is 0.183 e. The Hall–Kier alpha value is -0.530. The highest BCUT2D eigenvalue weighted by Crippen LogP contribution is 2.36. The van der Waals surface area contributed by atoms with Gasteiger partial charge in [0.2, 0.25) is 0 Å². The van der Waals surface area contributed by atoms with Crippen molar-refractivity contribution < 1.29 is 4.74 Å². The van der Waals surface area contributed by atoms with E-state index in [0.717, 1.165) is 30.8 Å². The lowest BCUT2D eigenvalue weighted by Crippen LogP contribution is -2.19. The second kappa shape index (κ2) is 8.19. The van der Waals surface area contributed by atoms with Crippen molar-refractivity contribution in [3.05, 3.63) is 0 Å². The molecule has 1 fully saturated rings. The summed E-state index contributed by atoms with van der Waals surface area (Å²) in [7, 11) is 0. The van der Waals surface area contributed by atoms with Gasteiger partial charge >= 0.3 is 0 Å². The van der Waals surface area contributed by atoms with E-state index in [1.807, 2.05) is 0 Å². The van der Waals surface area contributed by atoms with Gasteiger partial charge in [-0.3, -0.25) is 0 Å². The summed E-state index contributed by atoms with van der Waals surface area (Å²) < 4.78 is 5.68. The van der Waals surface area contributed by atoms with Gasteiger partial charge in [-0.05, 0) is 32.1 Å². The van der Waals surface area contributed by atoms with E-state index in [1.54, 1.807) is 0 Å². The third-order valence-corrected chi connectivity index (χ3v) is 5.23. The molecule has 0 aromatic rings. The number of rotatable bonds is 8. The number of hydrogen-bond acceptors (Lipinski definition) is 2. The number of ether oxygens (including phenoxy) is 1. The molecule has 2 unspecified atom stereocenters. The molecule has 2 atom stereocenters. The Kier molecular flexibility index (Phi) is 6.57. The van der Waals surface area contributed by atoms with Crippen molar-refractivity contribution in [3.63, 3.8) is 0 Å². The number of hydrogen-bond donors (Lipinski definition) is 0. The summed E-state index contributed by atoms with van der Waals surface area (Å²) in [5.41, 5.74) is 0.0178. The van der Waals surface area contributed by atoms with Crippen LogP contribution in [0.1, 0.15) is 91.4 Å². The Morgan fingerprint density at radius 3 is 2.29 bits per heavy atom. The van der Waals surface area contributed by atoms with Gasteiger partial charge in [0.1, 0.15) is 6.61 Å². The normalized spacial score (nSPS) is 28.2. The summed E-state index contributed by atoms with van der Waals surface area (Å²) in [5.74, 6) is 3.04. The fourth-order valence-corrected chi connectivity index (χ4v) is 3.98. The van der Waals surface area contributed by atoms with Crippen LogP contribution in [0.3, 0.4) is 0 Å². The van der Waals surface area contributed by atoms with Gasteiger partial charge in [-0.25, -0.2) is 4.99 Å². The summed E-state index contributed by atoms with van der Waals surface area (Å²) in [5, 5.41) is 0. The first-order chi connectivity index (χ1) is 10.1. The van der Waals surface area contributed by atoms with E-state index in [2.05, 4.69) is 25.8 Å². The minimum absolute atomic E-state index is 0.0178. The predicted octanol–water partition coefficient (Wildman–Crippen LogP) is 5.75. The van der Waals surface area contributed by atoms with E-state index < -0.39 is 0 Å². The molecule has 2 heteroatoms. The first-order valence-corrected chi connectivity index (χ1v) is 9.32. The van der Waals surface area contributed by atoms with Crippen LogP contribution in [0.15, 0.2) is 4.99 Å². The number of aliphatic imine (C=N–C) groups is 1. The average molecular weight is 293 g/mol. The summed E-state index contributed by atoms with van der Waals surface area (Å²) in [6, 6.07) is 0. The topological polar surface area (TPSA) is 21.6 Å². The summed E-state index contributed by atoms with van der Waals surface area (Å²) in [4.78, 5) is 4.65. The molecule has 21 heavy (non-hydrogen) atoms. The third-order valence-electron chi connectivity index (χ3n) is 5.23. The third kappa shape index (κ3) is 5.64. The lowest BCUT2D eigenvalue weighted by atomic mass is 9.74. The van der Waals surface area contributed by atoms with Crippen LogP contribution in [-0.4, -0.2) is 18.0 Å². The summed E-state index contributed by atoms with van der Waals surface area (Å²) in [6.45, 7) is 7.40. The van der Waals surface area contributed by atoms with Crippen LogP contribution in [0, 0.1) is 11.8 Å². The Labute approximate surface area is 131 Å². The van der Waals surface area contributed by atoms with Gasteiger partial charge in [-0.2, -0.15) is 0 Å². The molecule has 0 saturated heterocycles. The summed E-state index contributed by atoms with van der Waals surface area (Å²) in [6.07, 6.45) is 15.3. The molecule has 0 bridgehead atoms. The SMILES string of the molecule is CCCCC1CCCCC1CCCCC1=NC(C)(C)CO1. The molecule has 1 aliphatic heterocycles. The van der Waals surface area contributed by atoms with Gasteiger partial charge in [-0.1, -0.05) is 64.7 Å². The first-order valence-electron chi connectivity index (χ1n) is 9.32. The molecule has 0 N–H and O–H groups in total. The zero-order valence-electron chi connectivity index (χ0n) is 14.5. The van der Waals surface area contributed by atoms with E-state index in [4.69, 9.17) is 4.74 Å². The van der Waals surface area contributed by atoms with Gasteiger partial charge < -0.3 is 4.74 Å². The highest BCUT2D eigenvalue weighted by Gasteiger charge is 2.26. The quantitative estimate of drug-likeness (QED) is 0.522. The van der Waals surface area contributed by atoms with Crippen molar-refractivity contribution in [3.8, 4) is 0 Å². The van der Waals surface area contributed by atoms with Gasteiger partial charge in [0, 0.05) is 6.42 Å². The molecule has 0 amide bonds. The Bertz CT molecular complexity index is 334. The Balaban J connectivity index is 1.65. The van der Waals surface area contributed by atoms with Crippen LogP contribution in [-0.2, 0) is 4.74 Å². The molecule has 1 heterocycles. The van der Waals surface area contributed by atoms with Gasteiger partial charge in [-0.15, -0.1) is 0 Å². The molecule has 0 spiro atoms. The molecule has 1 saturated carbocycles. The average Bonchev–Trinajstić information content (AvgIpc) is 2.82. The minimum atomic E-state index is 0.0178. The second-order valence-corrected chi connectivity index (χ2v) is 7.80. The van der Waals surface area contributed by atoms with Crippen LogP contribution in [0.25, 0.3) is 0 Å². The molecule has 122 valence electrons. The van der Waals surface area contributed by atoms with Crippen LogP contribution in [0.2, 0.25) is 0 Å². The Morgan fingerprint density at radius 2 is 1.71 bits per heavy atom. The van der Waals surface area contributed by atoms with Crippen molar-refractivity contribution >= 4 is 5.90 Å². The molecular weight excluding hydrogens is 258 g/mol. The zero-order valence-corrected chi connectivity index (χ0v) is 14.5. The molecule has 2 rings (SSSR count). The smallest absolute Gasteiger partial charge is 0.183 e. The predicted molar refractivity (Wildman–Crippen MR) is 90.9 cm³/mol. The van der Waals surface area contributed by atoms with Crippen LogP contribution >= 0.6 is 0 Å². The molecule has 2 aliphatic rings. The second-order valence-electron chi connectivity index (χ2n) is 7.80. The maximum absolute atomic E-state index is 5.68. The fourth-order valence-electron chi connectivity index (χ4n) is 3.98. The zero-order chi connectivity index (χ0) is 15.1. The lowest BCUT2D eigenvalue weighted by Gasteiger charge is -2.31. The van der Waals surface area contributed by atoms with E-state index >= 15 is 0 Å². The van der Waals surface area contributed by atoms with Crippen LogP contribution in [0.4, 0.5) is 0 Å². The molecule has 0 aromatic carbocycles. The fraction of sp³-hybridized carbons (Fsp3) is 0.947. The van der Waals surface area contributed by atoms with Crippen molar-refractivity contribution in [2.75, 3.05) is 6.61 Å². The van der Waals surface area contributed by atoms with E-state index in [1.165, 1.54) is 64.2 Å². The van der Waals surface area contributed by atoms with E-state index in [-0.39, 0.29) is 5.54 Å². The first kappa shape index (κ1) is 16.8. The maximum atomic E-state index is 5.68. The van der Waals surface area contributed by atoms with Crippen molar-refractivity contribution in [1.29, 1.82) is 0 Å². The standard InChI is InChI=1S/C19H35NO/c1-4-5-10-16-11-6-7-12-17(16)13-8-9-14-18-20-19(2,3)15-21-18/h16-17H,4-15H2,1-3H3. The van der Waals surface area contributed by atoms with E-state index in [9.17, 15) is 0 Å². The molecule has 0 radical (unpaired) electrons. The van der Waals surface area contributed by atoms with E-state index in [0.29, 0.717) is 0 Å². The van der Waals surface area contributed by atoms with Gasteiger partial charge in [0.05, 0.1) is 5.54 Å². The monoisotopic (exact) mass is 293 g/mol. The molecule has 0 aromatic heterocycles. The van der Waals surface area contributed by atoms with Crippen molar-refractivity contribution in [2.24, 2.45) is 16.8 Å². The van der Waals surface area contributed by atoms with Crippen LogP contribution < -0.4 is 0 Å². The van der Waals surface area contributed by atoms with Crippen LogP contribution in [0.5, 0.6) is 0 Å². The van der Waals surface area contributed by atoms with Crippen molar-refractivity contribution in [1.82, 2.24) is 0 Å². The number of unbranched alkanes of at least 4 members (excludes halogenated alkanes) is 2. The lowest BCUT2D eigenvalue weighted by molar-refractivity contribution is 0.203. The summed E-state index contributed by atoms with van der Waals surface area (Å²) >= 11 is 0. The highest BCUT2D eigenvalue weighted by molar-refractivity contribution is 5.78. The molecule has 1 aliphatic carbocycles. The van der Waals surface area contributed by atoms with Crippen molar-refractivity contribution in [2.45, 2.75) is 96.9 Å². The highest BCUT2D eigenvalue weighted by atomic mass is 16.5. The molecule has 2 nitrogen and oxygen atoms in total. The largest absolute Gasteiger partial charge is 0.478 e.